The third-order valence-corrected chi connectivity index (χ3v) is 8.03. The lowest BCUT2D eigenvalue weighted by Gasteiger charge is -2.34. The molecule has 3 aromatic rings. The van der Waals surface area contributed by atoms with E-state index in [-0.39, 0.29) is 35.3 Å². The van der Waals surface area contributed by atoms with Crippen LogP contribution < -0.4 is 10.5 Å². The fourth-order valence-electron chi connectivity index (χ4n) is 5.71. The lowest BCUT2D eigenvalue weighted by atomic mass is 10.1. The summed E-state index contributed by atoms with van der Waals surface area (Å²) >= 11 is 0. The van der Waals surface area contributed by atoms with Crippen molar-refractivity contribution in [2.45, 2.75) is 45.5 Å². The van der Waals surface area contributed by atoms with Gasteiger partial charge < -0.3 is 35.2 Å². The van der Waals surface area contributed by atoms with Crippen molar-refractivity contribution in [3.8, 4) is 17.2 Å². The number of nitrogens with two attached hydrogens (primary N) is 1. The largest absolute Gasteiger partial charge is 0.508 e. The molecule has 2 aliphatic heterocycles. The molecule has 10 heteroatoms. The van der Waals surface area contributed by atoms with Crippen LogP contribution in [0, 0.1) is 0 Å². The van der Waals surface area contributed by atoms with E-state index in [0.29, 0.717) is 19.7 Å². The highest BCUT2D eigenvalue weighted by Crippen LogP contribution is 2.36. The van der Waals surface area contributed by atoms with Crippen LogP contribution in [0.3, 0.4) is 0 Å². The van der Waals surface area contributed by atoms with Crippen LogP contribution in [-0.2, 0) is 31.0 Å². The van der Waals surface area contributed by atoms with Gasteiger partial charge in [-0.1, -0.05) is 48.5 Å². The zero-order chi connectivity index (χ0) is 30.2. The normalized spacial score (nSPS) is 15.3. The third-order valence-electron chi connectivity index (χ3n) is 8.03. The number of nitrogens with zero attached hydrogens (tertiary/aromatic N) is 3. The Kier molecular flexibility index (Phi) is 10.0. The lowest BCUT2D eigenvalue weighted by Crippen LogP contribution is -2.46. The van der Waals surface area contributed by atoms with Crippen molar-refractivity contribution >= 4 is 12.0 Å². The lowest BCUT2D eigenvalue weighted by molar-refractivity contribution is 0.0743. The molecule has 0 aliphatic carbocycles. The number of primary amides is 1. The number of hydrogen-bond acceptors (Lipinski definition) is 8. The molecule has 10 nitrogen and oxygen atoms in total. The monoisotopic (exact) mass is 588 g/mol. The fraction of sp³-hybridized carbons (Fsp3) is 0.394. The van der Waals surface area contributed by atoms with E-state index in [1.807, 2.05) is 30.3 Å². The van der Waals surface area contributed by atoms with Crippen molar-refractivity contribution in [3.63, 3.8) is 0 Å². The topological polar surface area (TPSA) is 129 Å². The summed E-state index contributed by atoms with van der Waals surface area (Å²) in [6.07, 6.45) is 2.21. The molecule has 1 fully saturated rings. The van der Waals surface area contributed by atoms with Gasteiger partial charge in [-0.2, -0.15) is 0 Å². The minimum absolute atomic E-state index is 0.0543. The smallest absolute Gasteiger partial charge is 0.404 e. The number of unbranched alkanes of at least 4 members (excludes halogenated alkanes) is 2. The van der Waals surface area contributed by atoms with E-state index in [9.17, 15) is 19.8 Å². The third kappa shape index (κ3) is 8.18. The molecule has 2 heterocycles. The van der Waals surface area contributed by atoms with Crippen LogP contribution in [0.2, 0.25) is 0 Å². The molecule has 2 amide bonds. The molecule has 3 aromatic carbocycles. The number of carbonyl (C=O) groups excluding carboxylic acids is 2. The Balaban J connectivity index is 1.13. The second kappa shape index (κ2) is 14.3. The number of ether oxygens (including phenoxy) is 2. The fourth-order valence-corrected chi connectivity index (χ4v) is 5.71. The molecule has 1 saturated heterocycles. The molecule has 0 aromatic heterocycles. The highest BCUT2D eigenvalue weighted by molar-refractivity contribution is 6.00. The van der Waals surface area contributed by atoms with Gasteiger partial charge in [0.05, 0.1) is 6.61 Å². The molecular formula is C33H40N4O6. The quantitative estimate of drug-likeness (QED) is 0.269. The van der Waals surface area contributed by atoms with E-state index in [1.54, 1.807) is 4.90 Å². The zero-order valence-electron chi connectivity index (χ0n) is 24.4. The maximum atomic E-state index is 13.6. The van der Waals surface area contributed by atoms with Crippen LogP contribution in [0.1, 0.15) is 51.9 Å². The molecule has 5 rings (SSSR count). The van der Waals surface area contributed by atoms with Crippen molar-refractivity contribution in [1.29, 1.82) is 0 Å². The van der Waals surface area contributed by atoms with E-state index in [0.717, 1.165) is 75.2 Å². The number of hydrogen-bond donors (Lipinski definition) is 3. The SMILES string of the molecule is NC(=O)OCCCCCN1CCN(Cc2ccc3c(c2)CN(C(=O)c2c(O)cc(O)cc2OCc2ccccc2)C3)CC1. The van der Waals surface area contributed by atoms with E-state index in [4.69, 9.17) is 15.2 Å². The number of benzene rings is 3. The van der Waals surface area contributed by atoms with Crippen LogP contribution in [0.25, 0.3) is 0 Å². The van der Waals surface area contributed by atoms with Crippen molar-refractivity contribution in [3.05, 3.63) is 88.5 Å². The van der Waals surface area contributed by atoms with Gasteiger partial charge in [-0.3, -0.25) is 9.69 Å². The van der Waals surface area contributed by atoms with Crippen molar-refractivity contribution < 1.29 is 29.3 Å². The van der Waals surface area contributed by atoms with Crippen molar-refractivity contribution in [2.75, 3.05) is 39.3 Å². The van der Waals surface area contributed by atoms with Crippen LogP contribution in [-0.4, -0.2) is 76.2 Å². The first-order chi connectivity index (χ1) is 20.9. The summed E-state index contributed by atoms with van der Waals surface area (Å²) < 4.78 is 10.7. The van der Waals surface area contributed by atoms with Crippen molar-refractivity contribution in [1.82, 2.24) is 14.7 Å². The van der Waals surface area contributed by atoms with Gasteiger partial charge in [0.25, 0.3) is 5.91 Å². The molecule has 2 aliphatic rings. The Morgan fingerprint density at radius 2 is 1.56 bits per heavy atom. The Hall–Kier alpha value is -4.28. The Bertz CT molecular complexity index is 1410. The van der Waals surface area contributed by atoms with Crippen LogP contribution in [0.4, 0.5) is 4.79 Å². The van der Waals surface area contributed by atoms with E-state index in [2.05, 4.69) is 28.0 Å². The number of rotatable bonds is 12. The summed E-state index contributed by atoms with van der Waals surface area (Å²) in [5.74, 6) is -0.658. The highest BCUT2D eigenvalue weighted by Gasteiger charge is 2.29. The molecule has 0 radical (unpaired) electrons. The minimum Gasteiger partial charge on any atom is -0.508 e. The van der Waals surface area contributed by atoms with Crippen LogP contribution >= 0.6 is 0 Å². The van der Waals surface area contributed by atoms with Gasteiger partial charge in [-0.15, -0.1) is 0 Å². The maximum Gasteiger partial charge on any atom is 0.404 e. The van der Waals surface area contributed by atoms with E-state index < -0.39 is 6.09 Å². The van der Waals surface area contributed by atoms with Crippen molar-refractivity contribution in [2.24, 2.45) is 5.73 Å². The first-order valence-corrected chi connectivity index (χ1v) is 14.9. The number of aromatic hydroxyl groups is 2. The van der Waals surface area contributed by atoms with Crippen LogP contribution in [0.15, 0.2) is 60.7 Å². The van der Waals surface area contributed by atoms with Crippen LogP contribution in [0.5, 0.6) is 17.2 Å². The molecule has 228 valence electrons. The number of piperazine rings is 1. The molecule has 0 saturated carbocycles. The highest BCUT2D eigenvalue weighted by atomic mass is 16.5. The Morgan fingerprint density at radius 1 is 0.814 bits per heavy atom. The second-order valence-corrected chi connectivity index (χ2v) is 11.2. The van der Waals surface area contributed by atoms with Gasteiger partial charge in [0.1, 0.15) is 29.4 Å². The average Bonchev–Trinajstić information content (AvgIpc) is 3.42. The summed E-state index contributed by atoms with van der Waals surface area (Å²) in [7, 11) is 0. The summed E-state index contributed by atoms with van der Waals surface area (Å²) in [4.78, 5) is 30.9. The number of fused-ring (bicyclic) bond motifs is 1. The number of phenolic OH excluding ortho intramolecular Hbond substituents is 2. The summed E-state index contributed by atoms with van der Waals surface area (Å²) in [6, 6.07) is 18.5. The standard InChI is InChI=1S/C33H40N4O6/c34-33(41)42-16-6-2-5-11-35-12-14-36(15-13-35)20-25-9-10-26-21-37(22-27(26)17-25)32(40)31-29(39)18-28(38)19-30(31)43-23-24-7-3-1-4-8-24/h1,3-4,7-10,17-19,38-39H,2,5-6,11-16,20-23H2,(H2,34,41). The maximum absolute atomic E-state index is 13.6. The molecule has 0 spiro atoms. The molecule has 0 unspecified atom stereocenters. The molecule has 0 bridgehead atoms. The van der Waals surface area contributed by atoms with Gasteiger partial charge >= 0.3 is 6.09 Å². The molecule has 43 heavy (non-hydrogen) atoms. The van der Waals surface area contributed by atoms with Gasteiger partial charge in [0.15, 0.2) is 0 Å². The molecule has 4 N–H and O–H groups in total. The number of phenols is 2. The summed E-state index contributed by atoms with van der Waals surface area (Å²) in [6.45, 7) is 7.43. The number of amides is 2. The van der Waals surface area contributed by atoms with Gasteiger partial charge in [0.2, 0.25) is 0 Å². The molecule has 0 atom stereocenters. The predicted molar refractivity (Wildman–Crippen MR) is 162 cm³/mol. The average molecular weight is 589 g/mol. The second-order valence-electron chi connectivity index (χ2n) is 11.2. The number of carbonyl (C=O) groups is 2. The molecular weight excluding hydrogens is 548 g/mol. The van der Waals surface area contributed by atoms with Gasteiger partial charge in [0, 0.05) is 57.9 Å². The Morgan fingerprint density at radius 3 is 2.33 bits per heavy atom. The van der Waals surface area contributed by atoms with E-state index >= 15 is 0 Å². The predicted octanol–water partition coefficient (Wildman–Crippen LogP) is 4.22. The summed E-state index contributed by atoms with van der Waals surface area (Å²) in [5, 5.41) is 20.7. The Labute approximate surface area is 252 Å². The first-order valence-electron chi connectivity index (χ1n) is 14.9. The zero-order valence-corrected chi connectivity index (χ0v) is 24.4. The van der Waals surface area contributed by atoms with Gasteiger partial charge in [-0.05, 0) is 48.1 Å². The summed E-state index contributed by atoms with van der Waals surface area (Å²) in [5.41, 5.74) is 9.37. The van der Waals surface area contributed by atoms with E-state index in [1.165, 1.54) is 17.7 Å². The minimum atomic E-state index is -0.710. The first kappa shape index (κ1) is 30.2. The van der Waals surface area contributed by atoms with Gasteiger partial charge in [-0.25, -0.2) is 4.79 Å².